The van der Waals surface area contributed by atoms with E-state index in [2.05, 4.69) is 5.32 Å². The van der Waals surface area contributed by atoms with Crippen LogP contribution in [0.1, 0.15) is 48.0 Å². The molecule has 1 aromatic rings. The van der Waals surface area contributed by atoms with Gasteiger partial charge in [-0.15, -0.1) is 11.6 Å². The number of amides is 1. The minimum atomic E-state index is -0.880. The van der Waals surface area contributed by atoms with Crippen molar-refractivity contribution in [3.63, 3.8) is 0 Å². The largest absolute Gasteiger partial charge is 0.467 e. The van der Waals surface area contributed by atoms with Crippen LogP contribution in [0.5, 0.6) is 0 Å². The Hall–Kier alpha value is -1.55. The lowest BCUT2D eigenvalue weighted by atomic mass is 9.81. The molecule has 1 fully saturated rings. The van der Waals surface area contributed by atoms with Crippen molar-refractivity contribution in [3.05, 3.63) is 35.4 Å². The predicted molar refractivity (Wildman–Crippen MR) is 81.3 cm³/mol. The normalized spacial score (nSPS) is 17.0. The number of esters is 1. The maximum absolute atomic E-state index is 12.4. The average Bonchev–Trinajstić information content (AvgIpc) is 2.55. The van der Waals surface area contributed by atoms with Crippen LogP contribution in [-0.4, -0.2) is 24.5 Å². The third-order valence-corrected chi connectivity index (χ3v) is 4.32. The van der Waals surface area contributed by atoms with Crippen LogP contribution in [0.4, 0.5) is 0 Å². The van der Waals surface area contributed by atoms with Gasteiger partial charge in [0.1, 0.15) is 5.54 Å². The molecule has 2 rings (SSSR count). The van der Waals surface area contributed by atoms with E-state index < -0.39 is 5.54 Å². The molecule has 0 bridgehead atoms. The second kappa shape index (κ2) is 6.94. The number of hydrogen-bond donors (Lipinski definition) is 1. The Morgan fingerprint density at radius 1 is 1.19 bits per heavy atom. The third kappa shape index (κ3) is 3.56. The van der Waals surface area contributed by atoms with E-state index >= 15 is 0 Å². The zero-order valence-electron chi connectivity index (χ0n) is 12.2. The highest BCUT2D eigenvalue weighted by Gasteiger charge is 2.42. The number of carbonyl (C=O) groups is 2. The molecule has 1 aliphatic carbocycles. The highest BCUT2D eigenvalue weighted by Crippen LogP contribution is 2.29. The lowest BCUT2D eigenvalue weighted by Gasteiger charge is -2.35. The van der Waals surface area contributed by atoms with Crippen molar-refractivity contribution in [2.24, 2.45) is 0 Å². The maximum atomic E-state index is 12.4. The van der Waals surface area contributed by atoms with Gasteiger partial charge >= 0.3 is 5.97 Å². The first kappa shape index (κ1) is 15.8. The van der Waals surface area contributed by atoms with Crippen molar-refractivity contribution in [3.8, 4) is 0 Å². The summed E-state index contributed by atoms with van der Waals surface area (Å²) in [5, 5.41) is 2.89. The van der Waals surface area contributed by atoms with Gasteiger partial charge in [0, 0.05) is 11.4 Å². The van der Waals surface area contributed by atoms with E-state index in [9.17, 15) is 9.59 Å². The van der Waals surface area contributed by atoms with Crippen LogP contribution >= 0.6 is 11.6 Å². The van der Waals surface area contributed by atoms with Crippen LogP contribution in [-0.2, 0) is 15.4 Å². The van der Waals surface area contributed by atoms with Gasteiger partial charge in [-0.3, -0.25) is 4.79 Å². The molecule has 0 radical (unpaired) electrons. The van der Waals surface area contributed by atoms with E-state index in [-0.39, 0.29) is 11.9 Å². The van der Waals surface area contributed by atoms with Crippen molar-refractivity contribution < 1.29 is 14.3 Å². The molecule has 0 heterocycles. The summed E-state index contributed by atoms with van der Waals surface area (Å²) in [5.41, 5.74) is 0.598. The molecule has 1 aliphatic rings. The van der Waals surface area contributed by atoms with Gasteiger partial charge in [-0.05, 0) is 30.5 Å². The van der Waals surface area contributed by atoms with Crippen molar-refractivity contribution in [1.29, 1.82) is 0 Å². The first-order valence-corrected chi connectivity index (χ1v) is 7.70. The van der Waals surface area contributed by atoms with Crippen LogP contribution in [0, 0.1) is 0 Å². The Morgan fingerprint density at radius 3 is 2.33 bits per heavy atom. The Balaban J connectivity index is 2.15. The Kier molecular flexibility index (Phi) is 5.23. The summed E-state index contributed by atoms with van der Waals surface area (Å²) in [5.74, 6) is -0.190. The number of hydrogen-bond acceptors (Lipinski definition) is 3. The molecular weight excluding hydrogens is 290 g/mol. The minimum absolute atomic E-state index is 0.247. The molecular formula is C16H20ClNO3. The third-order valence-electron chi connectivity index (χ3n) is 4.01. The fourth-order valence-electron chi connectivity index (χ4n) is 2.77. The Labute approximate surface area is 129 Å². The summed E-state index contributed by atoms with van der Waals surface area (Å²) in [4.78, 5) is 24.5. The lowest BCUT2D eigenvalue weighted by molar-refractivity contribution is -0.149. The van der Waals surface area contributed by atoms with Gasteiger partial charge < -0.3 is 10.1 Å². The summed E-state index contributed by atoms with van der Waals surface area (Å²) < 4.78 is 4.90. The number of rotatable bonds is 4. The summed E-state index contributed by atoms with van der Waals surface area (Å²) in [7, 11) is 1.36. The number of methoxy groups -OCH3 is 1. The van der Waals surface area contributed by atoms with Gasteiger partial charge in [0.05, 0.1) is 7.11 Å². The van der Waals surface area contributed by atoms with E-state index in [1.54, 1.807) is 12.1 Å². The van der Waals surface area contributed by atoms with E-state index in [1.165, 1.54) is 7.11 Å². The quantitative estimate of drug-likeness (QED) is 0.687. The summed E-state index contributed by atoms with van der Waals surface area (Å²) in [6, 6.07) is 7.07. The lowest BCUT2D eigenvalue weighted by Crippen LogP contribution is -2.56. The minimum Gasteiger partial charge on any atom is -0.467 e. The standard InChI is InChI=1S/C16H20ClNO3/c1-21-15(20)16(9-3-2-4-10-16)18-14(19)13-7-5-12(11-17)6-8-13/h5-8H,2-4,9-11H2,1H3,(H,18,19). The van der Waals surface area contributed by atoms with E-state index in [1.807, 2.05) is 12.1 Å². The molecule has 0 aliphatic heterocycles. The molecule has 4 nitrogen and oxygen atoms in total. The first-order valence-electron chi connectivity index (χ1n) is 7.17. The zero-order chi connectivity index (χ0) is 15.3. The van der Waals surface area contributed by atoms with Gasteiger partial charge in [0.15, 0.2) is 0 Å². The number of halogens is 1. The van der Waals surface area contributed by atoms with Crippen LogP contribution in [0.25, 0.3) is 0 Å². The number of nitrogens with one attached hydrogen (secondary N) is 1. The van der Waals surface area contributed by atoms with Gasteiger partial charge in [0.25, 0.3) is 5.91 Å². The molecule has 1 aromatic carbocycles. The van der Waals surface area contributed by atoms with Crippen LogP contribution < -0.4 is 5.32 Å². The van der Waals surface area contributed by atoms with E-state index in [0.717, 1.165) is 24.8 Å². The summed E-state index contributed by atoms with van der Waals surface area (Å²) in [6.45, 7) is 0. The van der Waals surface area contributed by atoms with Crippen LogP contribution in [0.2, 0.25) is 0 Å². The van der Waals surface area contributed by atoms with Crippen LogP contribution in [0.3, 0.4) is 0 Å². The second-order valence-corrected chi connectivity index (χ2v) is 5.69. The molecule has 0 aromatic heterocycles. The number of benzene rings is 1. The number of alkyl halides is 1. The Bertz CT molecular complexity index is 507. The van der Waals surface area contributed by atoms with Gasteiger partial charge in [-0.25, -0.2) is 4.79 Å². The zero-order valence-corrected chi connectivity index (χ0v) is 12.9. The van der Waals surface area contributed by atoms with Crippen LogP contribution in [0.15, 0.2) is 24.3 Å². The summed E-state index contributed by atoms with van der Waals surface area (Å²) >= 11 is 5.74. The van der Waals surface area contributed by atoms with Crippen molar-refractivity contribution in [2.45, 2.75) is 43.5 Å². The van der Waals surface area contributed by atoms with Crippen molar-refractivity contribution in [1.82, 2.24) is 5.32 Å². The number of ether oxygens (including phenoxy) is 1. The molecule has 0 saturated heterocycles. The van der Waals surface area contributed by atoms with E-state index in [4.69, 9.17) is 16.3 Å². The highest BCUT2D eigenvalue weighted by atomic mass is 35.5. The molecule has 1 amide bonds. The molecule has 5 heteroatoms. The molecule has 0 spiro atoms. The molecule has 0 unspecified atom stereocenters. The SMILES string of the molecule is COC(=O)C1(NC(=O)c2ccc(CCl)cc2)CCCCC1. The Morgan fingerprint density at radius 2 is 1.81 bits per heavy atom. The topological polar surface area (TPSA) is 55.4 Å². The maximum Gasteiger partial charge on any atom is 0.331 e. The molecule has 1 N–H and O–H groups in total. The van der Waals surface area contributed by atoms with Crippen molar-refractivity contribution in [2.75, 3.05) is 7.11 Å². The highest BCUT2D eigenvalue weighted by molar-refractivity contribution is 6.17. The fraction of sp³-hybridized carbons (Fsp3) is 0.500. The second-order valence-electron chi connectivity index (χ2n) is 5.42. The molecule has 1 saturated carbocycles. The molecule has 114 valence electrons. The monoisotopic (exact) mass is 309 g/mol. The molecule has 21 heavy (non-hydrogen) atoms. The molecule has 0 atom stereocenters. The summed E-state index contributed by atoms with van der Waals surface area (Å²) in [6.07, 6.45) is 4.18. The fourth-order valence-corrected chi connectivity index (χ4v) is 2.94. The first-order chi connectivity index (χ1) is 10.1. The van der Waals surface area contributed by atoms with Gasteiger partial charge in [-0.2, -0.15) is 0 Å². The smallest absolute Gasteiger partial charge is 0.331 e. The van der Waals surface area contributed by atoms with E-state index in [0.29, 0.717) is 24.3 Å². The number of carbonyl (C=O) groups excluding carboxylic acids is 2. The van der Waals surface area contributed by atoms with Gasteiger partial charge in [0.2, 0.25) is 0 Å². The predicted octanol–water partition coefficient (Wildman–Crippen LogP) is 3.03. The van der Waals surface area contributed by atoms with Crippen molar-refractivity contribution >= 4 is 23.5 Å². The van der Waals surface area contributed by atoms with Gasteiger partial charge in [-0.1, -0.05) is 31.4 Å². The average molecular weight is 310 g/mol.